The summed E-state index contributed by atoms with van der Waals surface area (Å²) in [5.41, 5.74) is 8.92. The van der Waals surface area contributed by atoms with Gasteiger partial charge in [0.25, 0.3) is 5.91 Å². The fraction of sp³-hybridized carbons (Fsp3) is 0.439. The van der Waals surface area contributed by atoms with E-state index in [1.54, 1.807) is 0 Å². The number of hydrogen-bond donors (Lipinski definition) is 2. The molecule has 0 spiro atoms. The van der Waals surface area contributed by atoms with Crippen molar-refractivity contribution in [2.75, 3.05) is 25.0 Å². The second-order valence-electron chi connectivity index (χ2n) is 13.6. The zero-order valence-electron chi connectivity index (χ0n) is 29.0. The van der Waals surface area contributed by atoms with Crippen molar-refractivity contribution in [3.8, 4) is 5.75 Å². The third-order valence-corrected chi connectivity index (χ3v) is 9.48. The number of pyridine rings is 1. The zero-order valence-corrected chi connectivity index (χ0v) is 29.0. The lowest BCUT2D eigenvalue weighted by Crippen LogP contribution is -2.24. The third kappa shape index (κ3) is 8.18. The molecule has 2 aromatic heterocycles. The fourth-order valence-electron chi connectivity index (χ4n) is 6.84. The average molecular weight is 646 g/mol. The van der Waals surface area contributed by atoms with Gasteiger partial charge in [-0.1, -0.05) is 57.0 Å². The number of carbonyl (C=O) groups excluding carboxylic acids is 1. The Balaban J connectivity index is 0.998. The Morgan fingerprint density at radius 1 is 0.896 bits per heavy atom. The van der Waals surface area contributed by atoms with Crippen molar-refractivity contribution in [2.24, 2.45) is 5.92 Å². The molecule has 0 saturated heterocycles. The predicted molar refractivity (Wildman–Crippen MR) is 197 cm³/mol. The van der Waals surface area contributed by atoms with Crippen molar-refractivity contribution in [1.29, 1.82) is 0 Å². The summed E-state index contributed by atoms with van der Waals surface area (Å²) in [6.07, 6.45) is 10.8. The van der Waals surface area contributed by atoms with Gasteiger partial charge in [0.05, 0.1) is 23.2 Å². The summed E-state index contributed by atoms with van der Waals surface area (Å²) < 4.78 is 7.95. The van der Waals surface area contributed by atoms with E-state index in [0.29, 0.717) is 24.6 Å². The molecule has 5 aromatic rings. The number of anilines is 1. The molecule has 0 saturated carbocycles. The normalized spacial score (nSPS) is 12.8. The van der Waals surface area contributed by atoms with Gasteiger partial charge in [-0.2, -0.15) is 0 Å². The number of aryl methyl sites for hydroxylation is 2. The van der Waals surface area contributed by atoms with Gasteiger partial charge in [-0.3, -0.25) is 9.78 Å². The quantitative estimate of drug-likeness (QED) is 0.105. The lowest BCUT2D eigenvalue weighted by molar-refractivity contribution is 0.0953. The molecular weight excluding hydrogens is 594 g/mol. The summed E-state index contributed by atoms with van der Waals surface area (Å²) in [6, 6.07) is 22.7. The van der Waals surface area contributed by atoms with Crippen LogP contribution in [0.5, 0.6) is 5.75 Å². The number of fused-ring (bicyclic) bond motifs is 3. The lowest BCUT2D eigenvalue weighted by atomic mass is 9.92. The van der Waals surface area contributed by atoms with Crippen LogP contribution in [0.15, 0.2) is 66.7 Å². The number of nitrogens with one attached hydrogen (secondary N) is 2. The van der Waals surface area contributed by atoms with Crippen LogP contribution in [0.3, 0.4) is 0 Å². The summed E-state index contributed by atoms with van der Waals surface area (Å²) in [5, 5.41) is 8.16. The van der Waals surface area contributed by atoms with Crippen molar-refractivity contribution in [1.82, 2.24) is 19.9 Å². The molecule has 1 aliphatic rings. The van der Waals surface area contributed by atoms with E-state index < -0.39 is 0 Å². The van der Waals surface area contributed by atoms with Crippen LogP contribution in [-0.2, 0) is 25.8 Å². The Morgan fingerprint density at radius 3 is 2.50 bits per heavy atom. The van der Waals surface area contributed by atoms with Crippen molar-refractivity contribution in [3.05, 3.63) is 94.9 Å². The number of para-hydroxylation sites is 1. The van der Waals surface area contributed by atoms with Crippen LogP contribution < -0.4 is 15.4 Å². The van der Waals surface area contributed by atoms with Crippen molar-refractivity contribution < 1.29 is 9.53 Å². The number of nitrogens with zero attached hydrogens (tertiary/aromatic N) is 3. The van der Waals surface area contributed by atoms with Gasteiger partial charge >= 0.3 is 0 Å². The molecular formula is C41H51N5O2. The third-order valence-electron chi connectivity index (χ3n) is 9.48. The molecule has 48 heavy (non-hydrogen) atoms. The van der Waals surface area contributed by atoms with Gasteiger partial charge in [0, 0.05) is 48.4 Å². The van der Waals surface area contributed by atoms with E-state index in [4.69, 9.17) is 14.7 Å². The molecule has 2 N–H and O–H groups in total. The van der Waals surface area contributed by atoms with E-state index in [2.05, 4.69) is 71.5 Å². The highest BCUT2D eigenvalue weighted by Crippen LogP contribution is 2.33. The van der Waals surface area contributed by atoms with Crippen LogP contribution in [-0.4, -0.2) is 40.1 Å². The maximum absolute atomic E-state index is 13.1. The molecule has 0 fully saturated rings. The van der Waals surface area contributed by atoms with E-state index in [9.17, 15) is 4.79 Å². The summed E-state index contributed by atoms with van der Waals surface area (Å²) in [4.78, 5) is 23.1. The standard InChI is InChI=1S/C41H51N5O2/c1-4-48-32-20-17-30(18-21-32)27-39-45-37-28-31(19-22-38(37)46(39)26-23-29(2)3)41(47)43-25-12-6-5-11-24-42-40-33-13-7-9-15-35(33)44-36-16-10-8-14-34(36)40/h7,9,13,15,17-22,28-29H,4-6,8,10-12,14,16,23-27H2,1-3H3,(H,42,44)(H,43,47). The largest absolute Gasteiger partial charge is 0.494 e. The first kappa shape index (κ1) is 33.5. The van der Waals surface area contributed by atoms with Gasteiger partial charge in [-0.05, 0) is 105 Å². The van der Waals surface area contributed by atoms with Crippen molar-refractivity contribution in [2.45, 2.75) is 91.5 Å². The van der Waals surface area contributed by atoms with Crippen LogP contribution in [0.1, 0.15) is 98.7 Å². The van der Waals surface area contributed by atoms with Crippen LogP contribution in [0.25, 0.3) is 21.9 Å². The first-order valence-corrected chi connectivity index (χ1v) is 18.1. The Kier molecular flexibility index (Phi) is 11.3. The molecule has 0 bridgehead atoms. The number of unbranched alkanes of at least 4 members (excludes halogenated alkanes) is 3. The van der Waals surface area contributed by atoms with Crippen LogP contribution in [0, 0.1) is 5.92 Å². The van der Waals surface area contributed by atoms with Crippen molar-refractivity contribution >= 4 is 33.5 Å². The highest BCUT2D eigenvalue weighted by Gasteiger charge is 2.18. The van der Waals surface area contributed by atoms with Crippen LogP contribution >= 0.6 is 0 Å². The SMILES string of the molecule is CCOc1ccc(Cc2nc3cc(C(=O)NCCCCCCNc4c5c(nc6ccccc46)CCCC5)ccc3n2CCC(C)C)cc1. The number of amides is 1. The van der Waals surface area contributed by atoms with Gasteiger partial charge in [-0.15, -0.1) is 0 Å². The molecule has 7 nitrogen and oxygen atoms in total. The minimum Gasteiger partial charge on any atom is -0.494 e. The number of benzene rings is 3. The zero-order chi connectivity index (χ0) is 33.3. The molecule has 0 unspecified atom stereocenters. The molecule has 3 aromatic carbocycles. The lowest BCUT2D eigenvalue weighted by Gasteiger charge is -2.21. The second kappa shape index (κ2) is 16.1. The molecule has 252 valence electrons. The summed E-state index contributed by atoms with van der Waals surface area (Å²) in [5.74, 6) is 2.47. The number of carbonyl (C=O) groups is 1. The first-order chi connectivity index (χ1) is 23.5. The number of aromatic nitrogens is 3. The Morgan fingerprint density at radius 2 is 1.69 bits per heavy atom. The minimum absolute atomic E-state index is 0.0299. The summed E-state index contributed by atoms with van der Waals surface area (Å²) in [7, 11) is 0. The van der Waals surface area contributed by atoms with Gasteiger partial charge in [0.2, 0.25) is 0 Å². The van der Waals surface area contributed by atoms with E-state index in [-0.39, 0.29) is 5.91 Å². The number of imidazole rings is 1. The monoisotopic (exact) mass is 645 g/mol. The van der Waals surface area contributed by atoms with Gasteiger partial charge < -0.3 is 19.9 Å². The fourth-order valence-corrected chi connectivity index (χ4v) is 6.84. The maximum atomic E-state index is 13.1. The second-order valence-corrected chi connectivity index (χ2v) is 13.6. The molecule has 0 aliphatic heterocycles. The molecule has 1 amide bonds. The smallest absolute Gasteiger partial charge is 0.251 e. The maximum Gasteiger partial charge on any atom is 0.251 e. The molecule has 6 rings (SSSR count). The van der Waals surface area contributed by atoms with E-state index >= 15 is 0 Å². The highest BCUT2D eigenvalue weighted by molar-refractivity contribution is 5.97. The van der Waals surface area contributed by atoms with Gasteiger partial charge in [-0.25, -0.2) is 4.98 Å². The topological polar surface area (TPSA) is 81.1 Å². The highest BCUT2D eigenvalue weighted by atomic mass is 16.5. The number of ether oxygens (including phenoxy) is 1. The van der Waals surface area contributed by atoms with E-state index in [1.165, 1.54) is 40.7 Å². The van der Waals surface area contributed by atoms with Gasteiger partial charge in [0.1, 0.15) is 11.6 Å². The molecule has 1 aliphatic carbocycles. The van der Waals surface area contributed by atoms with Crippen molar-refractivity contribution in [3.63, 3.8) is 0 Å². The summed E-state index contributed by atoms with van der Waals surface area (Å²) >= 11 is 0. The first-order valence-electron chi connectivity index (χ1n) is 18.1. The Labute approximate surface area is 285 Å². The predicted octanol–water partition coefficient (Wildman–Crippen LogP) is 8.90. The van der Waals surface area contributed by atoms with E-state index in [1.807, 2.05) is 31.2 Å². The Bertz CT molecular complexity index is 1830. The average Bonchev–Trinajstić information content (AvgIpc) is 3.44. The number of rotatable bonds is 16. The molecule has 7 heteroatoms. The minimum atomic E-state index is -0.0299. The van der Waals surface area contributed by atoms with E-state index in [0.717, 1.165) is 92.6 Å². The van der Waals surface area contributed by atoms with Crippen LogP contribution in [0.4, 0.5) is 5.69 Å². The molecule has 0 radical (unpaired) electrons. The Hall–Kier alpha value is -4.39. The summed E-state index contributed by atoms with van der Waals surface area (Å²) in [6.45, 7) is 9.70. The molecule has 2 heterocycles. The number of hydrogen-bond acceptors (Lipinski definition) is 5. The van der Waals surface area contributed by atoms with Crippen LogP contribution in [0.2, 0.25) is 0 Å². The molecule has 0 atom stereocenters. The van der Waals surface area contributed by atoms with Gasteiger partial charge in [0.15, 0.2) is 0 Å².